The van der Waals surface area contributed by atoms with Crippen LogP contribution in [0.15, 0.2) is 24.3 Å². The fourth-order valence-electron chi connectivity index (χ4n) is 7.16. The summed E-state index contributed by atoms with van der Waals surface area (Å²) in [7, 11) is 0. The van der Waals surface area contributed by atoms with Crippen LogP contribution in [0.4, 0.5) is 0 Å². The Morgan fingerprint density at radius 3 is 2.14 bits per heavy atom. The fraction of sp³-hybridized carbons (Fsp3) is 0.760. The SMILES string of the molecule is CC1CCN(C[C@H](O)COc2ccc(C34CC5CC(CC(C5)C3)C4)cc2)CC1. The lowest BCUT2D eigenvalue weighted by atomic mass is 9.48. The quantitative estimate of drug-likeness (QED) is 0.778. The molecule has 1 heterocycles. The predicted octanol–water partition coefficient (Wildman–Crippen LogP) is 4.63. The number of aliphatic hydroxyl groups is 1. The normalized spacial score (nSPS) is 36.6. The molecule has 154 valence electrons. The van der Waals surface area contributed by atoms with Gasteiger partial charge in [-0.05, 0) is 111 Å². The summed E-state index contributed by atoms with van der Waals surface area (Å²) in [5.41, 5.74) is 2.00. The van der Waals surface area contributed by atoms with Crippen molar-refractivity contribution < 1.29 is 9.84 Å². The summed E-state index contributed by atoms with van der Waals surface area (Å²) in [6.45, 7) is 5.67. The number of ether oxygens (including phenoxy) is 1. The smallest absolute Gasteiger partial charge is 0.119 e. The average Bonchev–Trinajstić information content (AvgIpc) is 2.68. The Labute approximate surface area is 170 Å². The molecule has 0 spiro atoms. The molecule has 1 aliphatic heterocycles. The van der Waals surface area contributed by atoms with Crippen LogP contribution in [-0.4, -0.2) is 42.4 Å². The zero-order valence-electron chi connectivity index (χ0n) is 17.5. The molecule has 5 fully saturated rings. The van der Waals surface area contributed by atoms with E-state index in [0.717, 1.165) is 49.1 Å². The lowest BCUT2D eigenvalue weighted by molar-refractivity contribution is -0.00522. The van der Waals surface area contributed by atoms with Crippen molar-refractivity contribution in [3.05, 3.63) is 29.8 Å². The van der Waals surface area contributed by atoms with Crippen molar-refractivity contribution >= 4 is 0 Å². The third-order valence-corrected chi connectivity index (χ3v) is 8.29. The molecular weight excluding hydrogens is 346 g/mol. The van der Waals surface area contributed by atoms with E-state index in [9.17, 15) is 5.11 Å². The molecule has 0 amide bonds. The van der Waals surface area contributed by atoms with Gasteiger partial charge >= 0.3 is 0 Å². The summed E-state index contributed by atoms with van der Waals surface area (Å²) in [4.78, 5) is 2.38. The highest BCUT2D eigenvalue weighted by molar-refractivity contribution is 5.34. The lowest BCUT2D eigenvalue weighted by Gasteiger charge is -2.57. The maximum atomic E-state index is 10.4. The first-order valence-corrected chi connectivity index (χ1v) is 11.7. The Balaban J connectivity index is 1.15. The van der Waals surface area contributed by atoms with Crippen molar-refractivity contribution in [2.45, 2.75) is 69.8 Å². The van der Waals surface area contributed by atoms with Gasteiger partial charge in [0, 0.05) is 6.54 Å². The van der Waals surface area contributed by atoms with Gasteiger partial charge in [0.25, 0.3) is 0 Å². The molecule has 6 rings (SSSR count). The Kier molecular flexibility index (Phi) is 5.17. The van der Waals surface area contributed by atoms with Crippen molar-refractivity contribution in [1.29, 1.82) is 0 Å². The van der Waals surface area contributed by atoms with E-state index >= 15 is 0 Å². The van der Waals surface area contributed by atoms with E-state index in [-0.39, 0.29) is 0 Å². The first-order chi connectivity index (χ1) is 13.6. The summed E-state index contributed by atoms with van der Waals surface area (Å²) < 4.78 is 5.93. The highest BCUT2D eigenvalue weighted by atomic mass is 16.5. The predicted molar refractivity (Wildman–Crippen MR) is 113 cm³/mol. The number of likely N-dealkylation sites (tertiary alicyclic amines) is 1. The Hall–Kier alpha value is -1.06. The van der Waals surface area contributed by atoms with Crippen LogP contribution >= 0.6 is 0 Å². The van der Waals surface area contributed by atoms with Gasteiger partial charge < -0.3 is 14.7 Å². The van der Waals surface area contributed by atoms with Crippen LogP contribution in [0.1, 0.15) is 63.9 Å². The van der Waals surface area contributed by atoms with Gasteiger partial charge in [0.15, 0.2) is 0 Å². The van der Waals surface area contributed by atoms with E-state index in [1.54, 1.807) is 5.56 Å². The standard InChI is InChI=1S/C25H37NO2/c1-18-6-8-26(9-7-18)16-23(27)17-28-24-4-2-22(3-5-24)25-13-19-10-20(14-25)12-21(11-19)15-25/h2-5,18-21,23,27H,6-17H2,1H3/t19?,20?,21?,23-,25?/m0/s1. The van der Waals surface area contributed by atoms with Gasteiger partial charge in [0.05, 0.1) is 0 Å². The topological polar surface area (TPSA) is 32.7 Å². The number of piperidine rings is 1. The molecule has 3 heteroatoms. The minimum atomic E-state index is -0.406. The molecule has 3 nitrogen and oxygen atoms in total. The van der Waals surface area contributed by atoms with Crippen LogP contribution in [0.25, 0.3) is 0 Å². The van der Waals surface area contributed by atoms with Gasteiger partial charge in [-0.3, -0.25) is 0 Å². The van der Waals surface area contributed by atoms with E-state index in [0.29, 0.717) is 12.0 Å². The molecule has 4 bridgehead atoms. The van der Waals surface area contributed by atoms with Gasteiger partial charge in [0.2, 0.25) is 0 Å². The molecule has 1 aromatic rings. The Morgan fingerprint density at radius 2 is 1.57 bits per heavy atom. The summed E-state index contributed by atoms with van der Waals surface area (Å²) >= 11 is 0. The maximum absolute atomic E-state index is 10.4. The fourth-order valence-corrected chi connectivity index (χ4v) is 7.16. The molecule has 4 saturated carbocycles. The van der Waals surface area contributed by atoms with E-state index in [1.807, 2.05) is 0 Å². The van der Waals surface area contributed by atoms with E-state index in [2.05, 4.69) is 36.1 Å². The van der Waals surface area contributed by atoms with Gasteiger partial charge in [0.1, 0.15) is 18.5 Å². The van der Waals surface area contributed by atoms with Gasteiger partial charge in [-0.1, -0.05) is 19.1 Å². The molecule has 0 unspecified atom stereocenters. The molecule has 0 aromatic heterocycles. The number of hydrogen-bond acceptors (Lipinski definition) is 3. The molecule has 1 aromatic carbocycles. The monoisotopic (exact) mass is 383 g/mol. The Morgan fingerprint density at radius 1 is 1.00 bits per heavy atom. The minimum Gasteiger partial charge on any atom is -0.491 e. The second-order valence-corrected chi connectivity index (χ2v) is 10.7. The molecule has 1 N–H and O–H groups in total. The molecule has 1 atom stereocenters. The highest BCUT2D eigenvalue weighted by Crippen LogP contribution is 2.60. The molecular formula is C25H37NO2. The van der Waals surface area contributed by atoms with Crippen molar-refractivity contribution in [3.63, 3.8) is 0 Å². The van der Waals surface area contributed by atoms with Crippen molar-refractivity contribution in [1.82, 2.24) is 4.90 Å². The number of β-amino-alcohol motifs (C(OH)–C–C–N with tert-alkyl or cyclic N) is 1. The van der Waals surface area contributed by atoms with Gasteiger partial charge in [-0.15, -0.1) is 0 Å². The first-order valence-electron chi connectivity index (χ1n) is 11.7. The van der Waals surface area contributed by atoms with Crippen LogP contribution < -0.4 is 4.74 Å². The first kappa shape index (κ1) is 18.9. The lowest BCUT2D eigenvalue weighted by Crippen LogP contribution is -2.48. The summed E-state index contributed by atoms with van der Waals surface area (Å²) in [5, 5.41) is 10.4. The van der Waals surface area contributed by atoms with Crippen LogP contribution in [0.5, 0.6) is 5.75 Å². The molecule has 0 radical (unpaired) electrons. The van der Waals surface area contributed by atoms with Crippen molar-refractivity contribution in [3.8, 4) is 5.75 Å². The second-order valence-electron chi connectivity index (χ2n) is 10.7. The zero-order valence-corrected chi connectivity index (χ0v) is 17.5. The number of nitrogens with zero attached hydrogens (tertiary/aromatic N) is 1. The number of aliphatic hydroxyl groups excluding tert-OH is 1. The van der Waals surface area contributed by atoms with Crippen LogP contribution in [0, 0.1) is 23.7 Å². The molecule has 4 aliphatic carbocycles. The second kappa shape index (κ2) is 7.65. The molecule has 5 aliphatic rings. The zero-order chi connectivity index (χ0) is 19.1. The minimum absolute atomic E-state index is 0.392. The van der Waals surface area contributed by atoms with E-state index in [1.165, 1.54) is 51.4 Å². The summed E-state index contributed by atoms with van der Waals surface area (Å²) in [5.74, 6) is 4.68. The third-order valence-electron chi connectivity index (χ3n) is 8.29. The average molecular weight is 384 g/mol. The Bertz CT molecular complexity index is 626. The van der Waals surface area contributed by atoms with E-state index in [4.69, 9.17) is 4.74 Å². The highest BCUT2D eigenvalue weighted by Gasteiger charge is 2.51. The van der Waals surface area contributed by atoms with E-state index < -0.39 is 6.10 Å². The van der Waals surface area contributed by atoms with Gasteiger partial charge in [-0.2, -0.15) is 0 Å². The number of benzene rings is 1. The molecule has 1 saturated heterocycles. The van der Waals surface area contributed by atoms with Crippen LogP contribution in [-0.2, 0) is 5.41 Å². The summed E-state index contributed by atoms with van der Waals surface area (Å²) in [6, 6.07) is 8.92. The van der Waals surface area contributed by atoms with Gasteiger partial charge in [-0.25, -0.2) is 0 Å². The maximum Gasteiger partial charge on any atom is 0.119 e. The number of rotatable bonds is 6. The van der Waals surface area contributed by atoms with Crippen LogP contribution in [0.2, 0.25) is 0 Å². The summed E-state index contributed by atoms with van der Waals surface area (Å²) in [6.07, 6.45) is 10.8. The third kappa shape index (κ3) is 3.85. The molecule has 28 heavy (non-hydrogen) atoms. The van der Waals surface area contributed by atoms with Crippen molar-refractivity contribution in [2.24, 2.45) is 23.7 Å². The number of hydrogen-bond donors (Lipinski definition) is 1. The van der Waals surface area contributed by atoms with Crippen molar-refractivity contribution in [2.75, 3.05) is 26.2 Å². The largest absolute Gasteiger partial charge is 0.491 e. The van der Waals surface area contributed by atoms with Crippen LogP contribution in [0.3, 0.4) is 0 Å².